The molecule has 12 heteroatoms. The highest BCUT2D eigenvalue weighted by Gasteiger charge is 2.65. The van der Waals surface area contributed by atoms with Gasteiger partial charge in [0.15, 0.2) is 9.84 Å². The Kier molecular flexibility index (Phi) is 6.03. The van der Waals surface area contributed by atoms with Crippen molar-refractivity contribution in [3.63, 3.8) is 0 Å². The highest BCUT2D eigenvalue weighted by molar-refractivity contribution is 8.45. The second-order valence-corrected chi connectivity index (χ2v) is 12.8. The Morgan fingerprint density at radius 1 is 1.06 bits per heavy atom. The van der Waals surface area contributed by atoms with Gasteiger partial charge in [0.1, 0.15) is 10.6 Å². The van der Waals surface area contributed by atoms with Crippen molar-refractivity contribution in [2.45, 2.75) is 23.1 Å². The number of benzene rings is 2. The lowest BCUT2D eigenvalue weighted by molar-refractivity contribution is -0.129. The van der Waals surface area contributed by atoms with Crippen molar-refractivity contribution in [1.29, 1.82) is 0 Å². The summed E-state index contributed by atoms with van der Waals surface area (Å²) in [5.74, 6) is -0.00631. The lowest BCUT2D eigenvalue weighted by Gasteiger charge is -2.40. The maximum Gasteiger partial charge on any atom is 0.310 e. The van der Waals surface area contributed by atoms with Gasteiger partial charge in [0.2, 0.25) is 5.91 Å². The molecule has 33 heavy (non-hydrogen) atoms. The quantitative estimate of drug-likeness (QED) is 0.461. The molecule has 1 aliphatic heterocycles. The van der Waals surface area contributed by atoms with Gasteiger partial charge < -0.3 is 9.64 Å². The summed E-state index contributed by atoms with van der Waals surface area (Å²) in [4.78, 5) is 12.2. The molecule has 0 bridgehead atoms. The first-order chi connectivity index (χ1) is 14.9. The van der Waals surface area contributed by atoms with E-state index in [1.165, 1.54) is 35.2 Å². The Balaban J connectivity index is 1.60. The summed E-state index contributed by atoms with van der Waals surface area (Å²) < 4.78 is 93.9. The minimum absolute atomic E-state index is 0.0419. The van der Waals surface area contributed by atoms with E-state index in [-0.39, 0.29) is 28.9 Å². The second kappa shape index (κ2) is 7.86. The van der Waals surface area contributed by atoms with Crippen LogP contribution in [0.3, 0.4) is 0 Å². The van der Waals surface area contributed by atoms with Gasteiger partial charge in [0, 0.05) is 25.3 Å². The standard InChI is InChI=1S/C21H24F5NO4S2/c1-15-12-27(13-17(15)14-31-18-6-8-19(9-7-18)32(2,29)30)21(28)11-16-4-3-5-20(10-16)33(22,23,24,25)26/h3-10,15,17H,11-14H2,1-2H3/t15-,17+/m1/s1. The average molecular weight is 514 g/mol. The molecular weight excluding hydrogens is 489 g/mol. The van der Waals surface area contributed by atoms with Crippen molar-refractivity contribution in [1.82, 2.24) is 4.90 Å². The fourth-order valence-electron chi connectivity index (χ4n) is 3.62. The third-order valence-corrected chi connectivity index (χ3v) is 7.81. The highest BCUT2D eigenvalue weighted by Crippen LogP contribution is 3.02. The third kappa shape index (κ3) is 6.59. The first-order valence-electron chi connectivity index (χ1n) is 9.96. The zero-order valence-electron chi connectivity index (χ0n) is 17.9. The van der Waals surface area contributed by atoms with Crippen LogP contribution in [0.2, 0.25) is 0 Å². The molecule has 1 aliphatic rings. The number of halogens is 5. The van der Waals surface area contributed by atoms with Crippen LogP contribution in [0, 0.1) is 11.8 Å². The third-order valence-electron chi connectivity index (χ3n) is 5.54. The van der Waals surface area contributed by atoms with Gasteiger partial charge >= 0.3 is 10.2 Å². The number of amides is 1. The predicted molar refractivity (Wildman–Crippen MR) is 116 cm³/mol. The predicted octanol–water partition coefficient (Wildman–Crippen LogP) is 5.46. The lowest BCUT2D eigenvalue weighted by atomic mass is 9.99. The van der Waals surface area contributed by atoms with Gasteiger partial charge in [0.05, 0.1) is 17.9 Å². The van der Waals surface area contributed by atoms with E-state index in [4.69, 9.17) is 4.74 Å². The number of nitrogens with zero attached hydrogens (tertiary/aromatic N) is 1. The summed E-state index contributed by atoms with van der Waals surface area (Å²) in [6.07, 6.45) is 0.676. The molecule has 1 saturated heterocycles. The Labute approximate surface area is 189 Å². The van der Waals surface area contributed by atoms with Crippen LogP contribution in [0.1, 0.15) is 12.5 Å². The topological polar surface area (TPSA) is 63.7 Å². The van der Waals surface area contributed by atoms with Crippen LogP contribution in [0.15, 0.2) is 58.3 Å². The van der Waals surface area contributed by atoms with Crippen LogP contribution in [0.4, 0.5) is 19.4 Å². The van der Waals surface area contributed by atoms with Crippen LogP contribution in [-0.4, -0.2) is 45.2 Å². The van der Waals surface area contributed by atoms with Gasteiger partial charge in [-0.2, -0.15) is 0 Å². The molecule has 0 spiro atoms. The van der Waals surface area contributed by atoms with Gasteiger partial charge in [-0.15, -0.1) is 0 Å². The molecule has 3 rings (SSSR count). The molecule has 0 unspecified atom stereocenters. The molecule has 1 fully saturated rings. The summed E-state index contributed by atoms with van der Waals surface area (Å²) in [7, 11) is -13.1. The number of sulfone groups is 1. The normalized spacial score (nSPS) is 21.4. The SMILES string of the molecule is C[C@@H]1CN(C(=O)Cc2cccc(S(F)(F)(F)(F)F)c2)C[C@H]1COc1ccc(S(C)(=O)=O)cc1. The molecule has 184 valence electrons. The summed E-state index contributed by atoms with van der Waals surface area (Å²) in [6, 6.07) is 8.65. The van der Waals surface area contributed by atoms with Gasteiger partial charge in [-0.25, -0.2) is 8.42 Å². The summed E-state index contributed by atoms with van der Waals surface area (Å²) in [5, 5.41) is 0. The second-order valence-electron chi connectivity index (χ2n) is 8.38. The van der Waals surface area contributed by atoms with E-state index >= 15 is 0 Å². The monoisotopic (exact) mass is 513 g/mol. The first-order valence-corrected chi connectivity index (χ1v) is 13.8. The summed E-state index contributed by atoms with van der Waals surface area (Å²) in [6.45, 7) is 2.83. The maximum absolute atomic E-state index is 13.0. The van der Waals surface area contributed by atoms with E-state index < -0.39 is 37.3 Å². The molecule has 1 amide bonds. The highest BCUT2D eigenvalue weighted by atomic mass is 32.5. The number of rotatable bonds is 7. The molecule has 1 heterocycles. The molecular formula is C21H24F5NO4S2. The molecule has 2 atom stereocenters. The Morgan fingerprint density at radius 3 is 2.27 bits per heavy atom. The van der Waals surface area contributed by atoms with Crippen LogP contribution in [-0.2, 0) is 21.1 Å². The molecule has 5 nitrogen and oxygen atoms in total. The number of carbonyl (C=O) groups excluding carboxylic acids is 1. The zero-order valence-corrected chi connectivity index (χ0v) is 19.5. The van der Waals surface area contributed by atoms with E-state index in [0.29, 0.717) is 31.0 Å². The lowest BCUT2D eigenvalue weighted by Crippen LogP contribution is -2.31. The van der Waals surface area contributed by atoms with Crippen LogP contribution >= 0.6 is 10.2 Å². The van der Waals surface area contributed by atoms with E-state index in [0.717, 1.165) is 12.3 Å². The molecule has 2 aromatic carbocycles. The molecule has 0 radical (unpaired) electrons. The fraction of sp³-hybridized carbons (Fsp3) is 0.381. The minimum atomic E-state index is -9.81. The Hall–Kier alpha value is -2.34. The smallest absolute Gasteiger partial charge is 0.310 e. The summed E-state index contributed by atoms with van der Waals surface area (Å²) >= 11 is 0. The molecule has 0 N–H and O–H groups in total. The number of carbonyl (C=O) groups is 1. The minimum Gasteiger partial charge on any atom is -0.493 e. The van der Waals surface area contributed by atoms with Gasteiger partial charge in [0.25, 0.3) is 0 Å². The average Bonchev–Trinajstić information content (AvgIpc) is 3.05. The maximum atomic E-state index is 13.0. The van der Waals surface area contributed by atoms with E-state index in [9.17, 15) is 32.6 Å². The van der Waals surface area contributed by atoms with Crippen molar-refractivity contribution >= 4 is 26.0 Å². The van der Waals surface area contributed by atoms with E-state index in [1.807, 2.05) is 6.92 Å². The van der Waals surface area contributed by atoms with Crippen LogP contribution in [0.5, 0.6) is 5.75 Å². The number of likely N-dealkylation sites (tertiary alicyclic amines) is 1. The van der Waals surface area contributed by atoms with Crippen molar-refractivity contribution in [2.24, 2.45) is 11.8 Å². The molecule has 0 aliphatic carbocycles. The van der Waals surface area contributed by atoms with E-state index in [1.54, 1.807) is 0 Å². The van der Waals surface area contributed by atoms with Crippen molar-refractivity contribution < 1.29 is 37.4 Å². The van der Waals surface area contributed by atoms with Gasteiger partial charge in [-0.3, -0.25) is 4.79 Å². The van der Waals surface area contributed by atoms with Crippen LogP contribution < -0.4 is 4.74 Å². The van der Waals surface area contributed by atoms with Crippen molar-refractivity contribution in [3.8, 4) is 5.75 Å². The number of hydrogen-bond acceptors (Lipinski definition) is 4. The largest absolute Gasteiger partial charge is 0.493 e. The van der Waals surface area contributed by atoms with Gasteiger partial charge in [-0.1, -0.05) is 38.5 Å². The fourth-order valence-corrected chi connectivity index (χ4v) is 4.96. The number of ether oxygens (including phenoxy) is 1. The van der Waals surface area contributed by atoms with Crippen LogP contribution in [0.25, 0.3) is 0 Å². The molecule has 2 aromatic rings. The zero-order chi connectivity index (χ0) is 24.7. The Bertz CT molecular complexity index is 1150. The first kappa shape index (κ1) is 25.3. The van der Waals surface area contributed by atoms with E-state index in [2.05, 4.69) is 0 Å². The Morgan fingerprint density at radius 2 is 1.70 bits per heavy atom. The number of hydrogen-bond donors (Lipinski definition) is 0. The summed E-state index contributed by atoms with van der Waals surface area (Å²) in [5.41, 5.74) is -0.135. The molecule has 0 aromatic heterocycles. The van der Waals surface area contributed by atoms with Crippen molar-refractivity contribution in [3.05, 3.63) is 54.1 Å². The van der Waals surface area contributed by atoms with Gasteiger partial charge in [-0.05, 0) is 47.9 Å². The molecule has 0 saturated carbocycles. The van der Waals surface area contributed by atoms with Crippen molar-refractivity contribution in [2.75, 3.05) is 26.0 Å².